The number of ether oxygens (including phenoxy) is 1. The van der Waals surface area contributed by atoms with Crippen molar-refractivity contribution >= 4 is 17.8 Å². The largest absolute Gasteiger partial charge is 0.460 e. The molecule has 0 saturated carbocycles. The number of rotatable bonds is 9. The van der Waals surface area contributed by atoms with Crippen molar-refractivity contribution in [3.8, 4) is 0 Å². The summed E-state index contributed by atoms with van der Waals surface area (Å²) in [6.45, 7) is 9.91. The van der Waals surface area contributed by atoms with Crippen molar-refractivity contribution < 1.29 is 14.3 Å². The summed E-state index contributed by atoms with van der Waals surface area (Å²) in [7, 11) is 0. The molecule has 3 N–H and O–H groups in total. The monoisotopic (exact) mass is 368 g/mol. The molecule has 0 aromatic carbocycles. The van der Waals surface area contributed by atoms with Crippen molar-refractivity contribution in [2.75, 3.05) is 19.6 Å². The molecule has 1 aliphatic heterocycles. The maximum Gasteiger partial charge on any atom is 0.306 e. The number of guanidine groups is 1. The van der Waals surface area contributed by atoms with Gasteiger partial charge in [0.15, 0.2) is 5.96 Å². The van der Waals surface area contributed by atoms with Crippen LogP contribution >= 0.6 is 0 Å². The molecule has 1 saturated heterocycles. The number of piperidine rings is 1. The highest BCUT2D eigenvalue weighted by molar-refractivity contribution is 5.81. The van der Waals surface area contributed by atoms with Gasteiger partial charge in [-0.1, -0.05) is 12.8 Å². The van der Waals surface area contributed by atoms with Crippen LogP contribution in [0, 0.1) is 0 Å². The maximum absolute atomic E-state index is 11.6. The van der Waals surface area contributed by atoms with E-state index in [1.807, 2.05) is 27.7 Å². The molecule has 1 unspecified atom stereocenters. The second kappa shape index (κ2) is 11.8. The van der Waals surface area contributed by atoms with Gasteiger partial charge in [0, 0.05) is 38.5 Å². The molecule has 7 nitrogen and oxygen atoms in total. The van der Waals surface area contributed by atoms with Gasteiger partial charge in [-0.2, -0.15) is 0 Å². The molecule has 1 atom stereocenters. The second-order valence-corrected chi connectivity index (χ2v) is 7.70. The molecule has 1 aliphatic rings. The van der Waals surface area contributed by atoms with Crippen LogP contribution < -0.4 is 16.0 Å². The smallest absolute Gasteiger partial charge is 0.306 e. The molecule has 1 fully saturated rings. The zero-order valence-electron chi connectivity index (χ0n) is 16.8. The summed E-state index contributed by atoms with van der Waals surface area (Å²) in [5, 5.41) is 9.50. The third-order valence-corrected chi connectivity index (χ3v) is 3.93. The fourth-order valence-corrected chi connectivity index (χ4v) is 2.69. The van der Waals surface area contributed by atoms with Gasteiger partial charge in [0.05, 0.1) is 0 Å². The van der Waals surface area contributed by atoms with Crippen LogP contribution in [0.2, 0.25) is 0 Å². The Labute approximate surface area is 157 Å². The fourth-order valence-electron chi connectivity index (χ4n) is 2.69. The average Bonchev–Trinajstić information content (AvgIpc) is 2.54. The van der Waals surface area contributed by atoms with Crippen molar-refractivity contribution in [3.05, 3.63) is 0 Å². The van der Waals surface area contributed by atoms with Crippen LogP contribution in [0.1, 0.15) is 72.6 Å². The van der Waals surface area contributed by atoms with Crippen molar-refractivity contribution in [2.45, 2.75) is 84.3 Å². The molecule has 1 heterocycles. The van der Waals surface area contributed by atoms with Crippen molar-refractivity contribution in [1.29, 1.82) is 0 Å². The number of hydrogen-bond donors (Lipinski definition) is 3. The molecule has 150 valence electrons. The van der Waals surface area contributed by atoms with Crippen molar-refractivity contribution in [2.24, 2.45) is 4.99 Å². The van der Waals surface area contributed by atoms with Crippen LogP contribution in [0.25, 0.3) is 0 Å². The minimum atomic E-state index is -0.400. The summed E-state index contributed by atoms with van der Waals surface area (Å²) in [5.41, 5.74) is -0.400. The quantitative estimate of drug-likeness (QED) is 0.251. The van der Waals surface area contributed by atoms with Gasteiger partial charge in [0.2, 0.25) is 5.91 Å². The third kappa shape index (κ3) is 10.9. The van der Waals surface area contributed by atoms with E-state index in [0.717, 1.165) is 51.2 Å². The first-order valence-corrected chi connectivity index (χ1v) is 9.83. The zero-order valence-corrected chi connectivity index (χ0v) is 16.8. The summed E-state index contributed by atoms with van der Waals surface area (Å²) in [6, 6.07) is 0.235. The van der Waals surface area contributed by atoms with E-state index >= 15 is 0 Å². The number of unbranched alkanes of at least 4 members (excludes halogenated alkanes) is 3. The number of aliphatic imine (C=N–C) groups is 1. The predicted octanol–water partition coefficient (Wildman–Crippen LogP) is 2.11. The molecule has 7 heteroatoms. The highest BCUT2D eigenvalue weighted by atomic mass is 16.6. The summed E-state index contributed by atoms with van der Waals surface area (Å²) in [5.74, 6) is 0.813. The van der Waals surface area contributed by atoms with Gasteiger partial charge >= 0.3 is 5.97 Å². The van der Waals surface area contributed by atoms with Gasteiger partial charge in [0.25, 0.3) is 0 Å². The molecule has 0 bridgehead atoms. The number of esters is 1. The van der Waals surface area contributed by atoms with E-state index in [9.17, 15) is 9.59 Å². The van der Waals surface area contributed by atoms with E-state index in [4.69, 9.17) is 4.74 Å². The van der Waals surface area contributed by atoms with Crippen LogP contribution in [-0.4, -0.2) is 49.1 Å². The van der Waals surface area contributed by atoms with Crippen LogP contribution in [0.15, 0.2) is 4.99 Å². The van der Waals surface area contributed by atoms with E-state index in [0.29, 0.717) is 19.4 Å². The van der Waals surface area contributed by atoms with Gasteiger partial charge < -0.3 is 20.7 Å². The van der Waals surface area contributed by atoms with Gasteiger partial charge in [0.1, 0.15) is 5.60 Å². The standard InChI is InChI=1S/C19H36N4O3/c1-5-20-18(23-15-11-12-16(24)22-14-15)21-13-9-7-6-8-10-17(25)26-19(2,3)4/h15H,5-14H2,1-4H3,(H,22,24)(H2,20,21,23). The number of carbonyl (C=O) groups is 2. The third-order valence-electron chi connectivity index (χ3n) is 3.93. The minimum absolute atomic E-state index is 0.117. The summed E-state index contributed by atoms with van der Waals surface area (Å²) >= 11 is 0. The lowest BCUT2D eigenvalue weighted by atomic mass is 10.1. The Morgan fingerprint density at radius 3 is 2.62 bits per heavy atom. The summed E-state index contributed by atoms with van der Waals surface area (Å²) < 4.78 is 5.30. The molecule has 0 aliphatic carbocycles. The van der Waals surface area contributed by atoms with Gasteiger partial charge in [-0.3, -0.25) is 14.6 Å². The topological polar surface area (TPSA) is 91.8 Å². The number of amides is 1. The maximum atomic E-state index is 11.6. The normalized spacial score (nSPS) is 18.2. The average molecular weight is 369 g/mol. The molecular weight excluding hydrogens is 332 g/mol. The molecule has 1 amide bonds. The fraction of sp³-hybridized carbons (Fsp3) is 0.842. The first-order chi connectivity index (χ1) is 12.3. The molecule has 26 heavy (non-hydrogen) atoms. The lowest BCUT2D eigenvalue weighted by Gasteiger charge is -2.25. The Balaban J connectivity index is 2.17. The number of hydrogen-bond acceptors (Lipinski definition) is 4. The Kier molecular flexibility index (Phi) is 10.1. The predicted molar refractivity (Wildman–Crippen MR) is 104 cm³/mol. The van der Waals surface area contributed by atoms with Gasteiger partial charge in [-0.05, 0) is 47.0 Å². The second-order valence-electron chi connectivity index (χ2n) is 7.70. The van der Waals surface area contributed by atoms with Gasteiger partial charge in [-0.25, -0.2) is 0 Å². The zero-order chi connectivity index (χ0) is 19.4. The van der Waals surface area contributed by atoms with Crippen LogP contribution in [0.5, 0.6) is 0 Å². The van der Waals surface area contributed by atoms with E-state index in [1.165, 1.54) is 0 Å². The van der Waals surface area contributed by atoms with E-state index in [1.54, 1.807) is 0 Å². The Morgan fingerprint density at radius 1 is 1.27 bits per heavy atom. The molecule has 0 radical (unpaired) electrons. The lowest BCUT2D eigenvalue weighted by molar-refractivity contribution is -0.154. The minimum Gasteiger partial charge on any atom is -0.460 e. The van der Waals surface area contributed by atoms with Crippen LogP contribution in [0.4, 0.5) is 0 Å². The molecule has 0 spiro atoms. The van der Waals surface area contributed by atoms with Crippen molar-refractivity contribution in [3.63, 3.8) is 0 Å². The van der Waals surface area contributed by atoms with Crippen LogP contribution in [0.3, 0.4) is 0 Å². The molecular formula is C19H36N4O3. The number of nitrogens with zero attached hydrogens (tertiary/aromatic N) is 1. The highest BCUT2D eigenvalue weighted by Gasteiger charge is 2.18. The summed E-state index contributed by atoms with van der Waals surface area (Å²) in [4.78, 5) is 27.4. The Morgan fingerprint density at radius 2 is 2.00 bits per heavy atom. The number of carbonyl (C=O) groups excluding carboxylic acids is 2. The Hall–Kier alpha value is -1.79. The van der Waals surface area contributed by atoms with E-state index in [2.05, 4.69) is 20.9 Å². The number of nitrogens with one attached hydrogen (secondary N) is 3. The van der Waals surface area contributed by atoms with E-state index in [-0.39, 0.29) is 17.9 Å². The molecule has 0 aromatic rings. The van der Waals surface area contributed by atoms with Gasteiger partial charge in [-0.15, -0.1) is 0 Å². The van der Waals surface area contributed by atoms with Crippen molar-refractivity contribution in [1.82, 2.24) is 16.0 Å². The first-order valence-electron chi connectivity index (χ1n) is 9.83. The summed E-state index contributed by atoms with van der Waals surface area (Å²) in [6.07, 6.45) is 5.79. The highest BCUT2D eigenvalue weighted by Crippen LogP contribution is 2.11. The molecule has 1 rings (SSSR count). The molecule has 0 aromatic heterocycles. The Bertz CT molecular complexity index is 462. The SMILES string of the molecule is CCNC(=NCCCCCCC(=O)OC(C)(C)C)NC1CCC(=O)NC1. The van der Waals surface area contributed by atoms with E-state index < -0.39 is 5.60 Å². The lowest BCUT2D eigenvalue weighted by Crippen LogP contribution is -2.51. The first kappa shape index (κ1) is 22.3. The van der Waals surface area contributed by atoms with Crippen LogP contribution in [-0.2, 0) is 14.3 Å².